The average molecular weight is 315 g/mol. The maximum atomic E-state index is 12.0. The molecule has 0 saturated carbocycles. The van der Waals surface area contributed by atoms with E-state index in [1.165, 1.54) is 7.11 Å². The Morgan fingerprint density at radius 2 is 2.14 bits per heavy atom. The van der Waals surface area contributed by atoms with Crippen LogP contribution in [0, 0.1) is 0 Å². The smallest absolute Gasteiger partial charge is 0.238 e. The molecule has 0 aromatic heterocycles. The van der Waals surface area contributed by atoms with Crippen molar-refractivity contribution in [2.24, 2.45) is 0 Å². The molecule has 6 heteroatoms. The van der Waals surface area contributed by atoms with Gasteiger partial charge in [-0.2, -0.15) is 0 Å². The van der Waals surface area contributed by atoms with Gasteiger partial charge in [-0.15, -0.1) is 0 Å². The Balaban J connectivity index is 2.62. The first kappa shape index (κ1) is 17.8. The van der Waals surface area contributed by atoms with Crippen LogP contribution < -0.4 is 10.1 Å². The Kier molecular flexibility index (Phi) is 6.45. The number of amides is 1. The minimum atomic E-state index is -0.834. The van der Waals surface area contributed by atoms with Crippen LogP contribution in [0.1, 0.15) is 20.8 Å². The first-order valence-electron chi connectivity index (χ1n) is 6.83. The number of carbonyl (C=O) groups excluding carboxylic acids is 1. The van der Waals surface area contributed by atoms with Crippen molar-refractivity contribution in [1.29, 1.82) is 0 Å². The van der Waals surface area contributed by atoms with Gasteiger partial charge in [-0.05, 0) is 38.6 Å². The van der Waals surface area contributed by atoms with Crippen molar-refractivity contribution in [2.45, 2.75) is 26.4 Å². The molecule has 0 radical (unpaired) electrons. The SMILES string of the molecule is CCN(CC(=O)Nc1ccc(OC)c(Cl)c1)CC(C)(C)O. The van der Waals surface area contributed by atoms with Gasteiger partial charge in [0, 0.05) is 12.2 Å². The number of ether oxygens (including phenoxy) is 1. The number of halogens is 1. The predicted octanol–water partition coefficient (Wildman–Crippen LogP) is 2.38. The number of rotatable bonds is 7. The largest absolute Gasteiger partial charge is 0.495 e. The number of hydrogen-bond acceptors (Lipinski definition) is 4. The molecule has 1 aromatic rings. The van der Waals surface area contributed by atoms with E-state index in [0.29, 0.717) is 29.5 Å². The van der Waals surface area contributed by atoms with Gasteiger partial charge in [-0.3, -0.25) is 9.69 Å². The predicted molar refractivity (Wildman–Crippen MR) is 85.0 cm³/mol. The number of methoxy groups -OCH3 is 1. The summed E-state index contributed by atoms with van der Waals surface area (Å²) in [6.45, 7) is 6.71. The van der Waals surface area contributed by atoms with Crippen molar-refractivity contribution in [3.8, 4) is 5.75 Å². The van der Waals surface area contributed by atoms with E-state index in [4.69, 9.17) is 16.3 Å². The molecule has 0 fully saturated rings. The van der Waals surface area contributed by atoms with Crippen molar-refractivity contribution in [1.82, 2.24) is 4.90 Å². The Morgan fingerprint density at radius 3 is 2.62 bits per heavy atom. The van der Waals surface area contributed by atoms with Crippen molar-refractivity contribution < 1.29 is 14.6 Å². The molecule has 118 valence electrons. The molecule has 0 heterocycles. The minimum Gasteiger partial charge on any atom is -0.495 e. The second-order valence-corrected chi connectivity index (χ2v) is 5.92. The van der Waals surface area contributed by atoms with Crippen molar-refractivity contribution in [2.75, 3.05) is 32.1 Å². The molecule has 5 nitrogen and oxygen atoms in total. The quantitative estimate of drug-likeness (QED) is 0.811. The molecule has 1 rings (SSSR count). The number of nitrogens with one attached hydrogen (secondary N) is 1. The zero-order chi connectivity index (χ0) is 16.0. The van der Waals surface area contributed by atoms with Gasteiger partial charge in [0.2, 0.25) is 5.91 Å². The van der Waals surface area contributed by atoms with Crippen LogP contribution in [-0.2, 0) is 4.79 Å². The Labute approximate surface area is 130 Å². The Hall–Kier alpha value is -1.30. The number of likely N-dealkylation sites (N-methyl/N-ethyl adjacent to an activating group) is 1. The summed E-state index contributed by atoms with van der Waals surface area (Å²) in [4.78, 5) is 13.9. The zero-order valence-corrected chi connectivity index (χ0v) is 13.7. The molecule has 1 aromatic carbocycles. The highest BCUT2D eigenvalue weighted by molar-refractivity contribution is 6.32. The third-order valence-electron chi connectivity index (χ3n) is 2.86. The molecule has 0 bridgehead atoms. The van der Waals surface area contributed by atoms with E-state index in [0.717, 1.165) is 0 Å². The van der Waals surface area contributed by atoms with Crippen LogP contribution >= 0.6 is 11.6 Å². The molecule has 0 aliphatic rings. The monoisotopic (exact) mass is 314 g/mol. The number of anilines is 1. The maximum absolute atomic E-state index is 12.0. The fourth-order valence-corrected chi connectivity index (χ4v) is 2.23. The standard InChI is InChI=1S/C15H23ClN2O3/c1-5-18(10-15(2,3)20)9-14(19)17-11-6-7-13(21-4)12(16)8-11/h6-8,20H,5,9-10H2,1-4H3,(H,17,19). The van der Waals surface area contributed by atoms with Gasteiger partial charge < -0.3 is 15.2 Å². The van der Waals surface area contributed by atoms with Gasteiger partial charge >= 0.3 is 0 Å². The molecule has 0 spiro atoms. The van der Waals surface area contributed by atoms with Gasteiger partial charge in [0.05, 0.1) is 24.3 Å². The van der Waals surface area contributed by atoms with E-state index < -0.39 is 5.60 Å². The highest BCUT2D eigenvalue weighted by Gasteiger charge is 2.19. The second kappa shape index (κ2) is 7.64. The summed E-state index contributed by atoms with van der Waals surface area (Å²) in [6.07, 6.45) is 0. The van der Waals surface area contributed by atoms with E-state index in [9.17, 15) is 9.90 Å². The summed E-state index contributed by atoms with van der Waals surface area (Å²) in [7, 11) is 1.54. The van der Waals surface area contributed by atoms with E-state index in [2.05, 4.69) is 5.32 Å². The number of nitrogens with zero attached hydrogens (tertiary/aromatic N) is 1. The molecule has 0 unspecified atom stereocenters. The van der Waals surface area contributed by atoms with Gasteiger partial charge in [0.15, 0.2) is 0 Å². The first-order chi connectivity index (χ1) is 9.75. The van der Waals surface area contributed by atoms with Crippen LogP contribution in [0.15, 0.2) is 18.2 Å². The normalized spacial score (nSPS) is 11.6. The van der Waals surface area contributed by atoms with Crippen molar-refractivity contribution >= 4 is 23.2 Å². The highest BCUT2D eigenvalue weighted by Crippen LogP contribution is 2.27. The highest BCUT2D eigenvalue weighted by atomic mass is 35.5. The summed E-state index contributed by atoms with van der Waals surface area (Å²) in [5.74, 6) is 0.411. The van der Waals surface area contributed by atoms with E-state index in [1.807, 2.05) is 11.8 Å². The summed E-state index contributed by atoms with van der Waals surface area (Å²) < 4.78 is 5.06. The lowest BCUT2D eigenvalue weighted by atomic mass is 10.1. The molecule has 0 aliphatic heterocycles. The number of benzene rings is 1. The van der Waals surface area contributed by atoms with Gasteiger partial charge in [0.25, 0.3) is 0 Å². The molecule has 2 N–H and O–H groups in total. The van der Waals surface area contributed by atoms with E-state index in [-0.39, 0.29) is 12.5 Å². The summed E-state index contributed by atoms with van der Waals surface area (Å²) in [5, 5.41) is 13.0. The van der Waals surface area contributed by atoms with E-state index in [1.54, 1.807) is 32.0 Å². The van der Waals surface area contributed by atoms with Gasteiger partial charge in [0.1, 0.15) is 5.75 Å². The summed E-state index contributed by atoms with van der Waals surface area (Å²) in [6, 6.07) is 5.08. The minimum absolute atomic E-state index is 0.151. The zero-order valence-electron chi connectivity index (χ0n) is 12.9. The fourth-order valence-electron chi connectivity index (χ4n) is 1.97. The third-order valence-corrected chi connectivity index (χ3v) is 3.16. The number of carbonyl (C=O) groups is 1. The maximum Gasteiger partial charge on any atom is 0.238 e. The van der Waals surface area contributed by atoms with Crippen LogP contribution in [0.5, 0.6) is 5.75 Å². The van der Waals surface area contributed by atoms with Crippen molar-refractivity contribution in [3.05, 3.63) is 23.2 Å². The molecular weight excluding hydrogens is 292 g/mol. The van der Waals surface area contributed by atoms with Crippen LogP contribution in [0.25, 0.3) is 0 Å². The average Bonchev–Trinajstić information content (AvgIpc) is 2.36. The van der Waals surface area contributed by atoms with Crippen LogP contribution in [0.3, 0.4) is 0 Å². The fraction of sp³-hybridized carbons (Fsp3) is 0.533. The molecular formula is C15H23ClN2O3. The number of aliphatic hydroxyl groups is 1. The van der Waals surface area contributed by atoms with Crippen LogP contribution in [0.4, 0.5) is 5.69 Å². The van der Waals surface area contributed by atoms with Crippen LogP contribution in [-0.4, -0.2) is 48.3 Å². The van der Waals surface area contributed by atoms with E-state index >= 15 is 0 Å². The first-order valence-corrected chi connectivity index (χ1v) is 7.21. The topological polar surface area (TPSA) is 61.8 Å². The molecule has 21 heavy (non-hydrogen) atoms. The lowest BCUT2D eigenvalue weighted by Crippen LogP contribution is -2.42. The molecule has 0 saturated heterocycles. The lowest BCUT2D eigenvalue weighted by Gasteiger charge is -2.27. The van der Waals surface area contributed by atoms with Crippen LogP contribution in [0.2, 0.25) is 5.02 Å². The third kappa shape index (κ3) is 6.33. The Morgan fingerprint density at radius 1 is 1.48 bits per heavy atom. The second-order valence-electron chi connectivity index (χ2n) is 5.51. The summed E-state index contributed by atoms with van der Waals surface area (Å²) >= 11 is 6.01. The lowest BCUT2D eigenvalue weighted by molar-refractivity contribution is -0.117. The van der Waals surface area contributed by atoms with Crippen molar-refractivity contribution in [3.63, 3.8) is 0 Å². The van der Waals surface area contributed by atoms with Gasteiger partial charge in [-0.1, -0.05) is 18.5 Å². The molecule has 1 amide bonds. The Bertz CT molecular complexity index is 486. The number of hydrogen-bond donors (Lipinski definition) is 2. The van der Waals surface area contributed by atoms with Gasteiger partial charge in [-0.25, -0.2) is 0 Å². The molecule has 0 aliphatic carbocycles. The molecule has 0 atom stereocenters. The summed E-state index contributed by atoms with van der Waals surface area (Å²) in [5.41, 5.74) is -0.218.